The van der Waals surface area contributed by atoms with E-state index < -0.39 is 17.1 Å². The van der Waals surface area contributed by atoms with Crippen LogP contribution >= 0.6 is 0 Å². The van der Waals surface area contributed by atoms with Crippen molar-refractivity contribution in [3.63, 3.8) is 0 Å². The van der Waals surface area contributed by atoms with Gasteiger partial charge in [-0.25, -0.2) is 0 Å². The summed E-state index contributed by atoms with van der Waals surface area (Å²) in [4.78, 5) is 19.8. The Kier molecular flexibility index (Phi) is 4.19. The molecule has 2 N–H and O–H groups in total. The summed E-state index contributed by atoms with van der Waals surface area (Å²) in [6.45, 7) is 7.61. The van der Waals surface area contributed by atoms with Crippen molar-refractivity contribution in [2.75, 3.05) is 13.1 Å². The number of fused-ring (bicyclic) bond motifs is 2. The second-order valence-corrected chi connectivity index (χ2v) is 11.3. The molecule has 3 aromatic rings. The lowest BCUT2D eigenvalue weighted by Crippen LogP contribution is -2.71. The van der Waals surface area contributed by atoms with E-state index >= 15 is 0 Å². The van der Waals surface area contributed by atoms with Crippen molar-refractivity contribution in [2.24, 2.45) is 5.92 Å². The van der Waals surface area contributed by atoms with E-state index in [1.807, 2.05) is 42.6 Å². The van der Waals surface area contributed by atoms with Crippen LogP contribution in [0.4, 0.5) is 0 Å². The highest BCUT2D eigenvalue weighted by Crippen LogP contribution is 2.66. The lowest BCUT2D eigenvalue weighted by Gasteiger charge is -2.60. The maximum atomic E-state index is 13.0. The maximum Gasteiger partial charge on any atom is 0.276 e. The Bertz CT molecular complexity index is 1460. The van der Waals surface area contributed by atoms with E-state index in [9.17, 15) is 15.0 Å². The number of likely N-dealkylation sites (tertiary alicyclic amines) is 1. The Morgan fingerprint density at radius 3 is 2.77 bits per heavy atom. The summed E-state index contributed by atoms with van der Waals surface area (Å²) in [5.74, 6) is 1.26. The van der Waals surface area contributed by atoms with E-state index in [0.717, 1.165) is 42.1 Å². The highest BCUT2D eigenvalue weighted by molar-refractivity contribution is 5.63. The average molecular weight is 474 g/mol. The molecule has 2 aliphatic carbocycles. The van der Waals surface area contributed by atoms with Crippen molar-refractivity contribution in [1.82, 2.24) is 14.3 Å². The average Bonchev–Trinajstić information content (AvgIpc) is 3.55. The van der Waals surface area contributed by atoms with Gasteiger partial charge in [0.05, 0.1) is 16.7 Å². The molecular formula is C28H31N3O4. The summed E-state index contributed by atoms with van der Waals surface area (Å²) < 4.78 is 8.61. The third-order valence-electron chi connectivity index (χ3n) is 9.25. The fourth-order valence-electron chi connectivity index (χ4n) is 7.26. The molecule has 4 aliphatic rings. The summed E-state index contributed by atoms with van der Waals surface area (Å²) in [6.07, 6.45) is 5.28. The zero-order chi connectivity index (χ0) is 24.3. The zero-order valence-corrected chi connectivity index (χ0v) is 20.4. The van der Waals surface area contributed by atoms with Gasteiger partial charge in [-0.1, -0.05) is 12.1 Å². The van der Waals surface area contributed by atoms with Gasteiger partial charge in [-0.2, -0.15) is 4.98 Å². The minimum Gasteiger partial charge on any atom is -0.504 e. The van der Waals surface area contributed by atoms with E-state index in [2.05, 4.69) is 9.88 Å². The number of aryl methyl sites for hydroxylation is 1. The van der Waals surface area contributed by atoms with Crippen LogP contribution in [0.2, 0.25) is 0 Å². The molecule has 2 fully saturated rings. The lowest BCUT2D eigenvalue weighted by molar-refractivity contribution is -0.156. The molecule has 4 heterocycles. The number of phenolic OH excluding ortho intramolecular Hbond substituents is 1. The van der Waals surface area contributed by atoms with Crippen LogP contribution in [-0.2, 0) is 11.8 Å². The lowest BCUT2D eigenvalue weighted by atomic mass is 9.53. The first kappa shape index (κ1) is 21.4. The molecule has 1 saturated carbocycles. The molecule has 0 unspecified atom stereocenters. The number of piperidine rings is 1. The van der Waals surface area contributed by atoms with Crippen LogP contribution in [0.3, 0.4) is 0 Å². The summed E-state index contributed by atoms with van der Waals surface area (Å²) in [6, 6.07) is 7.43. The van der Waals surface area contributed by atoms with E-state index in [0.29, 0.717) is 29.1 Å². The predicted molar refractivity (Wildman–Crippen MR) is 131 cm³/mol. The van der Waals surface area contributed by atoms with Gasteiger partial charge >= 0.3 is 0 Å². The quantitative estimate of drug-likeness (QED) is 0.608. The van der Waals surface area contributed by atoms with Crippen molar-refractivity contribution in [3.8, 4) is 11.5 Å². The fourth-order valence-corrected chi connectivity index (χ4v) is 7.26. The second kappa shape index (κ2) is 6.86. The summed E-state index contributed by atoms with van der Waals surface area (Å²) in [5, 5.41) is 23.4. The van der Waals surface area contributed by atoms with Crippen LogP contribution in [-0.4, -0.2) is 49.2 Å². The molecule has 7 rings (SSSR count). The number of aliphatic hydroxyl groups is 1. The molecule has 1 saturated heterocycles. The number of phenols is 1. The number of nitrogens with zero attached hydrogens (tertiary/aromatic N) is 3. The van der Waals surface area contributed by atoms with E-state index in [1.54, 1.807) is 13.0 Å². The number of aromatic nitrogens is 2. The molecule has 4 atom stereocenters. The SMILES string of the molecule is Cc1ccc2nc(=O)c(C)c([C@@H]3Oc4c(O)ccc5c4[C@@]34CCN(CC3CC3)[C@H](C5)[C@@]4(C)O)n2c1. The van der Waals surface area contributed by atoms with Gasteiger partial charge in [-0.05, 0) is 82.2 Å². The Labute approximate surface area is 204 Å². The van der Waals surface area contributed by atoms with Gasteiger partial charge in [0.1, 0.15) is 5.65 Å². The van der Waals surface area contributed by atoms with E-state index in [4.69, 9.17) is 4.74 Å². The molecule has 35 heavy (non-hydrogen) atoms. The monoisotopic (exact) mass is 473 g/mol. The highest BCUT2D eigenvalue weighted by atomic mass is 16.5. The van der Waals surface area contributed by atoms with Gasteiger partial charge < -0.3 is 19.4 Å². The van der Waals surface area contributed by atoms with Gasteiger partial charge in [0, 0.05) is 29.9 Å². The van der Waals surface area contributed by atoms with Crippen LogP contribution in [0.5, 0.6) is 11.5 Å². The third kappa shape index (κ3) is 2.68. The van der Waals surface area contributed by atoms with Crippen LogP contribution in [0.15, 0.2) is 35.3 Å². The molecule has 2 aromatic heterocycles. The number of pyridine rings is 1. The van der Waals surface area contributed by atoms with E-state index in [1.165, 1.54) is 12.8 Å². The largest absolute Gasteiger partial charge is 0.504 e. The molecule has 7 nitrogen and oxygen atoms in total. The molecule has 182 valence electrons. The molecule has 0 amide bonds. The number of benzene rings is 1. The smallest absolute Gasteiger partial charge is 0.276 e. The number of rotatable bonds is 3. The standard InChI is InChI=1S/C28H31N3O4/c1-15-4-9-21-29-26(33)16(2)23(31(21)13-15)25-28-10-11-30(14-17-5-6-17)20(27(28,3)34)12-18-7-8-19(32)24(35-25)22(18)28/h4,7-9,13,17,20,25,32,34H,5-6,10-12,14H2,1-3H3/t20-,25+,27-,28+/m1/s1. The Balaban J connectivity index is 1.51. The van der Waals surface area contributed by atoms with Crippen LogP contribution < -0.4 is 10.3 Å². The summed E-state index contributed by atoms with van der Waals surface area (Å²) >= 11 is 0. The number of aromatic hydroxyl groups is 1. The zero-order valence-electron chi connectivity index (χ0n) is 20.4. The topological polar surface area (TPSA) is 87.3 Å². The minimum atomic E-state index is -1.12. The third-order valence-corrected chi connectivity index (χ3v) is 9.25. The normalized spacial score (nSPS) is 31.4. The number of ether oxygens (including phenoxy) is 1. The number of hydrogen-bond acceptors (Lipinski definition) is 6. The number of hydrogen-bond donors (Lipinski definition) is 2. The van der Waals surface area contributed by atoms with Crippen molar-refractivity contribution in [1.29, 1.82) is 0 Å². The molecule has 1 aromatic carbocycles. The van der Waals surface area contributed by atoms with Gasteiger partial charge in [-0.3, -0.25) is 9.69 Å². The first-order valence-electron chi connectivity index (χ1n) is 12.7. The predicted octanol–water partition coefficient (Wildman–Crippen LogP) is 3.18. The fraction of sp³-hybridized carbons (Fsp3) is 0.500. The van der Waals surface area contributed by atoms with E-state index in [-0.39, 0.29) is 17.4 Å². The Morgan fingerprint density at radius 2 is 2.00 bits per heavy atom. The van der Waals surface area contributed by atoms with Crippen molar-refractivity contribution >= 4 is 5.65 Å². The van der Waals surface area contributed by atoms with Gasteiger partial charge in [-0.15, -0.1) is 0 Å². The molecular weight excluding hydrogens is 442 g/mol. The maximum absolute atomic E-state index is 13.0. The van der Waals surface area contributed by atoms with Gasteiger partial charge in [0.25, 0.3) is 5.56 Å². The van der Waals surface area contributed by atoms with Crippen molar-refractivity contribution in [2.45, 2.75) is 69.6 Å². The molecule has 7 heteroatoms. The van der Waals surface area contributed by atoms with Crippen LogP contribution in [0, 0.1) is 19.8 Å². The van der Waals surface area contributed by atoms with Gasteiger partial charge in [0.2, 0.25) is 0 Å². The van der Waals surface area contributed by atoms with Crippen LogP contribution in [0.1, 0.15) is 60.2 Å². The second-order valence-electron chi connectivity index (χ2n) is 11.3. The minimum absolute atomic E-state index is 0.0576. The summed E-state index contributed by atoms with van der Waals surface area (Å²) in [5.41, 5.74) is 2.65. The van der Waals surface area contributed by atoms with Crippen molar-refractivity contribution in [3.05, 3.63) is 68.8 Å². The van der Waals surface area contributed by atoms with Crippen LogP contribution in [0.25, 0.3) is 5.65 Å². The molecule has 1 spiro atoms. The molecule has 0 radical (unpaired) electrons. The molecule has 2 bridgehead atoms. The summed E-state index contributed by atoms with van der Waals surface area (Å²) in [7, 11) is 0. The first-order valence-corrected chi connectivity index (χ1v) is 12.7. The Morgan fingerprint density at radius 1 is 1.20 bits per heavy atom. The molecule has 2 aliphatic heterocycles. The van der Waals surface area contributed by atoms with Crippen molar-refractivity contribution < 1.29 is 14.9 Å². The first-order chi connectivity index (χ1) is 16.7. The van der Waals surface area contributed by atoms with Gasteiger partial charge in [0.15, 0.2) is 17.6 Å². The Hall–Kier alpha value is -2.90. The highest BCUT2D eigenvalue weighted by Gasteiger charge is 2.69.